The van der Waals surface area contributed by atoms with Crippen LogP contribution in [0.5, 0.6) is 23.0 Å². The van der Waals surface area contributed by atoms with Crippen molar-refractivity contribution in [1.82, 2.24) is 24.3 Å². The third kappa shape index (κ3) is 7.35. The molecular weight excluding hydrogens is 622 g/mol. The highest BCUT2D eigenvalue weighted by molar-refractivity contribution is 7.98. The highest BCUT2D eigenvalue weighted by Crippen LogP contribution is 2.35. The summed E-state index contributed by atoms with van der Waals surface area (Å²) in [5.41, 5.74) is 2.34. The van der Waals surface area contributed by atoms with Crippen LogP contribution in [0.3, 0.4) is 0 Å². The number of benzene rings is 2. The number of hydrogen-bond acceptors (Lipinski definition) is 10. The van der Waals surface area contributed by atoms with Crippen LogP contribution in [0.4, 0.5) is 0 Å². The normalized spacial score (nSPS) is 12.0. The smallest absolute Gasteiger partial charge is 0.262 e. The number of nitrogens with one attached hydrogen (secondary N) is 1. The molecule has 0 fully saturated rings. The topological polar surface area (TPSA) is 135 Å². The maximum absolute atomic E-state index is 13.7. The molecule has 0 spiro atoms. The lowest BCUT2D eigenvalue weighted by Crippen LogP contribution is -2.25. The second-order valence-electron chi connectivity index (χ2n) is 11.0. The summed E-state index contributed by atoms with van der Waals surface area (Å²) in [6.45, 7) is 1.03. The van der Waals surface area contributed by atoms with Gasteiger partial charge in [-0.05, 0) is 55.2 Å². The van der Waals surface area contributed by atoms with Crippen molar-refractivity contribution in [3.63, 3.8) is 0 Å². The Kier molecular flexibility index (Phi) is 9.91. The van der Waals surface area contributed by atoms with Crippen LogP contribution in [0, 0.1) is 0 Å². The quantitative estimate of drug-likeness (QED) is 0.104. The Balaban J connectivity index is 1.08. The summed E-state index contributed by atoms with van der Waals surface area (Å²) in [7, 11) is 3.19. The highest BCUT2D eigenvalue weighted by Gasteiger charge is 2.19. The molecule has 12 nitrogen and oxygen atoms in total. The lowest BCUT2D eigenvalue weighted by Gasteiger charge is -2.14. The fourth-order valence-electron chi connectivity index (χ4n) is 5.42. The van der Waals surface area contributed by atoms with Gasteiger partial charge >= 0.3 is 0 Å². The van der Waals surface area contributed by atoms with Crippen molar-refractivity contribution >= 4 is 34.2 Å². The van der Waals surface area contributed by atoms with Crippen LogP contribution < -0.4 is 35.4 Å². The number of pyridine rings is 1. The van der Waals surface area contributed by atoms with Crippen LogP contribution in [0.2, 0.25) is 0 Å². The molecule has 244 valence electrons. The van der Waals surface area contributed by atoms with E-state index < -0.39 is 0 Å². The van der Waals surface area contributed by atoms with E-state index >= 15 is 0 Å². The van der Waals surface area contributed by atoms with Gasteiger partial charge < -0.3 is 24.3 Å². The van der Waals surface area contributed by atoms with Crippen molar-refractivity contribution < 1.29 is 23.7 Å². The number of carbonyl (C=O) groups is 1. The number of unbranched alkanes of at least 4 members (excludes halogenated alkanes) is 2. The zero-order chi connectivity index (χ0) is 32.8. The molecule has 13 heteroatoms. The van der Waals surface area contributed by atoms with Gasteiger partial charge in [0.1, 0.15) is 5.65 Å². The van der Waals surface area contributed by atoms with Crippen LogP contribution in [-0.4, -0.2) is 52.4 Å². The Morgan fingerprint density at radius 2 is 1.79 bits per heavy atom. The van der Waals surface area contributed by atoms with Crippen molar-refractivity contribution in [1.29, 1.82) is 0 Å². The molecule has 0 radical (unpaired) electrons. The molecule has 3 aromatic heterocycles. The van der Waals surface area contributed by atoms with Crippen LogP contribution in [0.1, 0.15) is 36.9 Å². The lowest BCUT2D eigenvalue weighted by molar-refractivity contribution is -0.121. The highest BCUT2D eigenvalue weighted by atomic mass is 32.2. The molecule has 0 aliphatic carbocycles. The van der Waals surface area contributed by atoms with E-state index in [1.165, 1.54) is 22.2 Å². The van der Waals surface area contributed by atoms with Gasteiger partial charge in [0.05, 0.1) is 30.8 Å². The standard InChI is InChI=1S/C34H35N5O7S/c1-43-26-11-10-22(16-27(26)44-2)12-13-35-31(40)9-4-3-6-15-39-33(42)24-18-28-29(46-21-45-28)19-25(24)37-34(39)47-20-23-17-32(41)38-14-7-5-8-30(38)36-23/h5,7-8,10-11,14,16-19H,3-4,6,9,12-13,15,20-21H2,1-2H3,(H,35,40). The van der Waals surface area contributed by atoms with Crippen LogP contribution in [0.25, 0.3) is 16.6 Å². The Morgan fingerprint density at radius 1 is 0.957 bits per heavy atom. The number of nitrogens with zero attached hydrogens (tertiary/aromatic N) is 4. The minimum absolute atomic E-state index is 0.0128. The molecule has 0 saturated heterocycles. The molecule has 1 amide bonds. The Morgan fingerprint density at radius 3 is 2.62 bits per heavy atom. The van der Waals surface area contributed by atoms with Gasteiger partial charge in [-0.1, -0.05) is 30.3 Å². The molecule has 0 unspecified atom stereocenters. The number of ether oxygens (including phenoxy) is 4. The Hall–Kier alpha value is -5.04. The first kappa shape index (κ1) is 31.9. The molecule has 4 heterocycles. The Bertz CT molecular complexity index is 2040. The minimum Gasteiger partial charge on any atom is -0.493 e. The van der Waals surface area contributed by atoms with Gasteiger partial charge in [0, 0.05) is 43.6 Å². The number of fused-ring (bicyclic) bond motifs is 3. The van der Waals surface area contributed by atoms with Gasteiger partial charge in [0.15, 0.2) is 28.2 Å². The van der Waals surface area contributed by atoms with Crippen LogP contribution in [-0.2, 0) is 23.5 Å². The summed E-state index contributed by atoms with van der Waals surface area (Å²) in [6, 6.07) is 16.0. The van der Waals surface area contributed by atoms with Gasteiger partial charge in [-0.15, -0.1) is 0 Å². The summed E-state index contributed by atoms with van der Waals surface area (Å²) < 4.78 is 24.8. The van der Waals surface area contributed by atoms with E-state index in [0.717, 1.165) is 12.0 Å². The Labute approximate surface area is 274 Å². The van der Waals surface area contributed by atoms with Crippen molar-refractivity contribution in [3.8, 4) is 23.0 Å². The molecule has 0 bridgehead atoms. The first-order valence-electron chi connectivity index (χ1n) is 15.4. The maximum Gasteiger partial charge on any atom is 0.262 e. The van der Waals surface area contributed by atoms with Crippen LogP contribution >= 0.6 is 11.8 Å². The second-order valence-corrected chi connectivity index (χ2v) is 11.9. The number of aromatic nitrogens is 4. The summed E-state index contributed by atoms with van der Waals surface area (Å²) in [5, 5.41) is 3.94. The number of carbonyl (C=O) groups excluding carboxylic acids is 1. The minimum atomic E-state index is -0.185. The summed E-state index contributed by atoms with van der Waals surface area (Å²) in [5.74, 6) is 2.73. The van der Waals surface area contributed by atoms with Gasteiger partial charge in [0.25, 0.3) is 11.1 Å². The predicted octanol–water partition coefficient (Wildman–Crippen LogP) is 4.36. The zero-order valence-corrected chi connectivity index (χ0v) is 27.0. The number of rotatable bonds is 14. The predicted molar refractivity (Wildman–Crippen MR) is 178 cm³/mol. The van der Waals surface area contributed by atoms with E-state index in [1.54, 1.807) is 49.2 Å². The fraction of sp³-hybridized carbons (Fsp3) is 0.324. The van der Waals surface area contributed by atoms with Gasteiger partial charge in [-0.25, -0.2) is 9.97 Å². The van der Waals surface area contributed by atoms with E-state index in [4.69, 9.17) is 23.9 Å². The molecule has 0 saturated carbocycles. The third-order valence-corrected chi connectivity index (χ3v) is 8.87. The summed E-state index contributed by atoms with van der Waals surface area (Å²) >= 11 is 1.35. The molecule has 5 aromatic rings. The number of methoxy groups -OCH3 is 2. The second kappa shape index (κ2) is 14.6. The van der Waals surface area contributed by atoms with Crippen LogP contribution in [0.15, 0.2) is 75.5 Å². The average molecular weight is 658 g/mol. The van der Waals surface area contributed by atoms with Gasteiger partial charge in [0.2, 0.25) is 12.7 Å². The van der Waals surface area contributed by atoms with Gasteiger partial charge in [-0.3, -0.25) is 23.4 Å². The number of thioether (sulfide) groups is 1. The molecule has 1 aliphatic rings. The maximum atomic E-state index is 13.7. The van der Waals surface area contributed by atoms with E-state index in [1.807, 2.05) is 24.3 Å². The summed E-state index contributed by atoms with van der Waals surface area (Å²) in [6.07, 6.45) is 4.86. The average Bonchev–Trinajstić information content (AvgIpc) is 3.55. The summed E-state index contributed by atoms with van der Waals surface area (Å²) in [4.78, 5) is 48.3. The van der Waals surface area contributed by atoms with Crippen molar-refractivity contribution in [2.45, 2.75) is 49.6 Å². The van der Waals surface area contributed by atoms with Crippen molar-refractivity contribution in [2.24, 2.45) is 0 Å². The fourth-order valence-corrected chi connectivity index (χ4v) is 6.33. The third-order valence-electron chi connectivity index (χ3n) is 7.86. The lowest BCUT2D eigenvalue weighted by atomic mass is 10.1. The molecule has 1 N–H and O–H groups in total. The molecule has 1 aliphatic heterocycles. The monoisotopic (exact) mass is 657 g/mol. The van der Waals surface area contributed by atoms with Crippen molar-refractivity contribution in [2.75, 3.05) is 27.6 Å². The molecular formula is C34H35N5O7S. The van der Waals surface area contributed by atoms with E-state index in [2.05, 4.69) is 10.3 Å². The molecule has 2 aromatic carbocycles. The molecule has 47 heavy (non-hydrogen) atoms. The number of hydrogen-bond donors (Lipinski definition) is 1. The SMILES string of the molecule is COc1ccc(CCNC(=O)CCCCCn2c(SCc3cc(=O)n4ccccc4n3)nc3cc4c(cc3c2=O)OCO4)cc1OC. The van der Waals surface area contributed by atoms with E-state index in [9.17, 15) is 14.4 Å². The first-order chi connectivity index (χ1) is 22.9. The largest absolute Gasteiger partial charge is 0.493 e. The zero-order valence-electron chi connectivity index (χ0n) is 26.2. The molecule has 0 atom stereocenters. The van der Waals surface area contributed by atoms with Gasteiger partial charge in [-0.2, -0.15) is 0 Å². The first-order valence-corrected chi connectivity index (χ1v) is 16.3. The van der Waals surface area contributed by atoms with Crippen molar-refractivity contribution in [3.05, 3.63) is 92.8 Å². The number of amides is 1. The van der Waals surface area contributed by atoms with E-state index in [0.29, 0.717) is 94.9 Å². The molecule has 6 rings (SSSR count). The van der Waals surface area contributed by atoms with E-state index in [-0.39, 0.29) is 23.8 Å².